The van der Waals surface area contributed by atoms with Gasteiger partial charge in [0.25, 0.3) is 0 Å². The summed E-state index contributed by atoms with van der Waals surface area (Å²) in [5, 5.41) is 0. The minimum absolute atomic E-state index is 0. The maximum atomic E-state index is 3.60. The normalized spacial score (nSPS) is 14.9. The average Bonchev–Trinajstić information content (AvgIpc) is 3.32. The zero-order valence-corrected chi connectivity index (χ0v) is 112. The van der Waals surface area contributed by atoms with E-state index in [0.717, 1.165) is 78.4 Å². The number of hydrogen-bond acceptors (Lipinski definition) is 0. The molecule has 0 aromatic heterocycles. The quantitative estimate of drug-likeness (QED) is 0.143. The van der Waals surface area contributed by atoms with Crippen molar-refractivity contribution in [1.29, 1.82) is 0 Å². The molecule has 0 aliphatic heterocycles. The minimum Gasteiger partial charge on any atom is -0.358 e. The summed E-state index contributed by atoms with van der Waals surface area (Å²) in [5.74, 6) is 9.00. The van der Waals surface area contributed by atoms with Crippen LogP contribution in [0.4, 0.5) is 0 Å². The van der Waals surface area contributed by atoms with Gasteiger partial charge in [-0.2, -0.15) is 119 Å². The van der Waals surface area contributed by atoms with E-state index in [1.54, 1.807) is 0 Å². The van der Waals surface area contributed by atoms with Gasteiger partial charge in [-0.3, -0.25) is 0 Å². The Bertz CT molecular complexity index is 616. The van der Waals surface area contributed by atoms with E-state index in [-0.39, 0.29) is 537 Å². The summed E-state index contributed by atoms with van der Waals surface area (Å²) in [5.41, 5.74) is 0. The van der Waals surface area contributed by atoms with Crippen molar-refractivity contribution < 1.29 is 425 Å². The van der Waals surface area contributed by atoms with Crippen LogP contribution in [0, 0.1) is 243 Å². The van der Waals surface area contributed by atoms with Crippen LogP contribution in [0.1, 0.15) is 314 Å². The Labute approximate surface area is 962 Å². The standard InChI is InChI=1S/C8H15.3C6H11.4C6H13.3C4H9.2C3H8.15CH3.13Y/c1-4-8-5-6(2)7(8)3;3*1-2-6-4-3-5-6;4*1-4-6(3)5-2;3*1-3-4-2;2*1-3-2;;;;;;;;;;;;;;;;;;;;;;;;;;;;/h5-8H,4H2,1-3H3;3*4,6H,2-3,5H2,1H3;4*4,6H,5H2,1-3H3;3*1,3-4H2,2H3;2*3H2,1-2H3;15*1H3;;;;;;;;;;;;;/q11*-1;;;15*-1;;;;;;;;;;;;;/t6?,7?,8-;6-;;;4*6-;;;;;;;;;;;;;;;;;;;;;;;;;;;;;;;;;/m11..0000................................./s1. The summed E-state index contributed by atoms with van der Waals surface area (Å²) in [6.45, 7) is 65.4. The molecule has 4 fully saturated rings. The second-order valence-corrected chi connectivity index (χ2v) is 19.8. The maximum Gasteiger partial charge on any atom is 0 e. The molecule has 10 atom stereocenters. The predicted octanol–water partition coefficient (Wildman–Crippen LogP) is 32.0. The molecule has 0 bridgehead atoms. The van der Waals surface area contributed by atoms with Crippen LogP contribution in [0.2, 0.25) is 0 Å². The molecule has 0 heterocycles. The van der Waals surface area contributed by atoms with Crippen molar-refractivity contribution in [3.8, 4) is 0 Å². The summed E-state index contributed by atoms with van der Waals surface area (Å²) in [6.07, 6.45) is 46.9. The van der Waals surface area contributed by atoms with Crippen molar-refractivity contribution in [3.63, 3.8) is 0 Å². The number of rotatable bonds is 15. The Morgan fingerprint density at radius 3 is 0.458 bits per heavy atom. The topological polar surface area (TPSA) is 0 Å². The molecule has 0 spiro atoms. The third-order valence-electron chi connectivity index (χ3n) is 13.1. The molecule has 4 aliphatic carbocycles. The van der Waals surface area contributed by atoms with Gasteiger partial charge in [-0.1, -0.05) is 235 Å². The summed E-state index contributed by atoms with van der Waals surface area (Å²) in [7, 11) is 0. The monoisotopic (exact) mass is 2340 g/mol. The van der Waals surface area contributed by atoms with E-state index in [4.69, 9.17) is 0 Å². The van der Waals surface area contributed by atoms with E-state index in [1.807, 2.05) is 0 Å². The van der Waals surface area contributed by atoms with Crippen LogP contribution in [0.3, 0.4) is 0 Å². The zero-order valence-electron chi connectivity index (χ0n) is 75.6. The minimum atomic E-state index is 0. The molecule has 585 valence electrons. The summed E-state index contributed by atoms with van der Waals surface area (Å²) in [4.78, 5) is 0. The van der Waals surface area contributed by atoms with E-state index in [1.165, 1.54) is 122 Å². The third kappa shape index (κ3) is 245. The number of unbranched alkanes of at least 4 members (excludes halogenated alkanes) is 3. The Kier molecular flexibility index (Phi) is 593. The van der Waals surface area contributed by atoms with Crippen LogP contribution in [-0.4, -0.2) is 0 Å². The van der Waals surface area contributed by atoms with Gasteiger partial charge in [-0.05, 0) is 0 Å². The summed E-state index contributed by atoms with van der Waals surface area (Å²) in [6, 6.07) is 0. The smallest absolute Gasteiger partial charge is 0 e. The predicted molar refractivity (Wildman–Crippen MR) is 425 cm³/mol. The molecular weight excluding hydrogens is 2150 g/mol. The fourth-order valence-corrected chi connectivity index (χ4v) is 4.76. The second-order valence-electron chi connectivity index (χ2n) is 19.8. The molecule has 0 nitrogen and oxygen atoms in total. The van der Waals surface area contributed by atoms with Gasteiger partial charge in [0.2, 0.25) is 0 Å². The van der Waals surface area contributed by atoms with Gasteiger partial charge in [0.1, 0.15) is 0 Å². The van der Waals surface area contributed by atoms with Gasteiger partial charge < -0.3 is 184 Å². The molecule has 4 rings (SSSR count). The van der Waals surface area contributed by atoms with E-state index in [2.05, 4.69) is 245 Å². The molecule has 0 amide bonds. The molecule has 13 radical (unpaired) electrons. The largest absolute Gasteiger partial charge is 0.358 e. The van der Waals surface area contributed by atoms with Gasteiger partial charge in [0.05, 0.1) is 0 Å². The van der Waals surface area contributed by atoms with E-state index in [9.17, 15) is 0 Å². The van der Waals surface area contributed by atoms with Crippen molar-refractivity contribution in [2.45, 2.75) is 314 Å². The molecule has 13 heteroatoms. The van der Waals surface area contributed by atoms with Crippen molar-refractivity contribution in [1.82, 2.24) is 0 Å². The van der Waals surface area contributed by atoms with Crippen molar-refractivity contribution in [2.75, 3.05) is 0 Å². The Hall–Kier alpha value is 14.4. The molecule has 4 saturated carbocycles. The molecule has 96 heavy (non-hydrogen) atoms. The van der Waals surface area contributed by atoms with Gasteiger partial charge >= 0.3 is 0 Å². The SMILES string of the molecule is CCC.CCC.CCC1[CH-]CC1.CCC1[CH-]CC1.CC[C@@H]1[CH-]C(C)C1C.CC[C@@H]1[CH-]CC1.C[CH-][C@H](C)CC.C[CH-][C@H](C)CC.C[CH-][C@H](C)CC.C[CH-][C@H](C)CC.[CH2-]CCC.[CH2-]CCC.[CH2-]CCC.[CH3-].[CH3-].[CH3-].[CH3-].[CH3-].[CH3-].[CH3-].[CH3-].[CH3-].[CH3-].[CH3-].[CH3-].[CH3-].[CH3-].[CH3-].[Y].[Y].[Y].[Y].[Y].[Y].[Y].[Y].[Y].[Y].[Y].[Y].[Y]. The molecule has 4 aliphatic rings. The van der Waals surface area contributed by atoms with Crippen molar-refractivity contribution in [2.24, 2.45) is 59.2 Å². The fraction of sp³-hybridized carbons (Fsp3) is 0.687. The summed E-state index contributed by atoms with van der Waals surface area (Å²) >= 11 is 0. The fourth-order valence-electron chi connectivity index (χ4n) is 4.76. The molecule has 0 N–H and O–H groups in total. The maximum absolute atomic E-state index is 3.60. The Morgan fingerprint density at radius 1 is 0.312 bits per heavy atom. The van der Waals surface area contributed by atoms with Crippen LogP contribution in [0.15, 0.2) is 0 Å². The third-order valence-corrected chi connectivity index (χ3v) is 13.1. The van der Waals surface area contributed by atoms with Crippen LogP contribution in [0.5, 0.6) is 0 Å². The Morgan fingerprint density at radius 2 is 0.448 bits per heavy atom. The Balaban J connectivity index is -0.0000000110. The van der Waals surface area contributed by atoms with Crippen LogP contribution < -0.4 is 0 Å². The van der Waals surface area contributed by atoms with Crippen LogP contribution in [-0.2, 0) is 425 Å². The van der Waals surface area contributed by atoms with Gasteiger partial charge in [0, 0.05) is 425 Å². The van der Waals surface area contributed by atoms with Crippen molar-refractivity contribution in [3.05, 3.63) is 184 Å². The van der Waals surface area contributed by atoms with E-state index in [0.29, 0.717) is 0 Å². The van der Waals surface area contributed by atoms with Gasteiger partial charge in [-0.25, -0.2) is 0 Å². The van der Waals surface area contributed by atoms with Crippen molar-refractivity contribution >= 4 is 0 Å². The van der Waals surface area contributed by atoms with E-state index < -0.39 is 0 Å². The molecule has 0 saturated heterocycles. The second kappa shape index (κ2) is 232. The first-order chi connectivity index (χ1) is 32.4. The molecule has 0 aromatic carbocycles. The first kappa shape index (κ1) is 245. The molecule has 4 unspecified atom stereocenters. The van der Waals surface area contributed by atoms with Crippen LogP contribution in [0.25, 0.3) is 0 Å². The summed E-state index contributed by atoms with van der Waals surface area (Å²) < 4.78 is 0. The first-order valence-electron chi connectivity index (χ1n) is 30.3. The van der Waals surface area contributed by atoms with Crippen LogP contribution >= 0.6 is 0 Å². The van der Waals surface area contributed by atoms with E-state index >= 15 is 0 Å². The molecular formula is C83H188Y13-26. The first-order valence-corrected chi connectivity index (χ1v) is 30.3. The zero-order chi connectivity index (χ0) is 55.0. The number of hydrogen-bond donors (Lipinski definition) is 0. The van der Waals surface area contributed by atoms with Gasteiger partial charge in [0.15, 0.2) is 0 Å². The average molecular weight is 2340 g/mol. The molecule has 0 aromatic rings. The van der Waals surface area contributed by atoms with Gasteiger partial charge in [-0.15, -0.1) is 19.3 Å².